The average Bonchev–Trinajstić information content (AvgIpc) is 3.31. The number of carbonyl (C=O) groups excluding carboxylic acids is 1. The molecule has 0 unspecified atom stereocenters. The molecule has 0 aliphatic carbocycles. The van der Waals surface area contributed by atoms with Crippen molar-refractivity contribution in [3.63, 3.8) is 0 Å². The van der Waals surface area contributed by atoms with Crippen LogP contribution in [0.15, 0.2) is 36.4 Å². The molecule has 0 radical (unpaired) electrons. The Kier molecular flexibility index (Phi) is 7.20. The summed E-state index contributed by atoms with van der Waals surface area (Å²) in [4.78, 5) is 17.9. The third-order valence-electron chi connectivity index (χ3n) is 6.28. The molecule has 1 amide bonds. The van der Waals surface area contributed by atoms with Crippen molar-refractivity contribution in [1.29, 1.82) is 0 Å². The van der Waals surface area contributed by atoms with Crippen molar-refractivity contribution in [3.05, 3.63) is 53.1 Å². The molecule has 2 aliphatic heterocycles. The molecule has 1 atom stereocenters. The van der Waals surface area contributed by atoms with E-state index in [0.717, 1.165) is 39.0 Å². The minimum Gasteiger partial charge on any atom is -0.490 e. The molecule has 2 aliphatic rings. The van der Waals surface area contributed by atoms with Gasteiger partial charge >= 0.3 is 0 Å². The van der Waals surface area contributed by atoms with Crippen molar-refractivity contribution in [2.75, 3.05) is 39.5 Å². The van der Waals surface area contributed by atoms with E-state index >= 15 is 0 Å². The van der Waals surface area contributed by atoms with E-state index in [1.54, 1.807) is 12.1 Å². The highest BCUT2D eigenvalue weighted by Crippen LogP contribution is 2.39. The van der Waals surface area contributed by atoms with Gasteiger partial charge in [0.1, 0.15) is 0 Å². The van der Waals surface area contributed by atoms with Gasteiger partial charge in [0.2, 0.25) is 5.75 Å². The maximum Gasteiger partial charge on any atom is 0.254 e. The summed E-state index contributed by atoms with van der Waals surface area (Å²) >= 11 is 0. The first-order valence-corrected chi connectivity index (χ1v) is 11.8. The van der Waals surface area contributed by atoms with Crippen LogP contribution in [-0.2, 0) is 13.0 Å². The lowest BCUT2D eigenvalue weighted by Gasteiger charge is -2.33. The van der Waals surface area contributed by atoms with Crippen LogP contribution in [0, 0.1) is 0 Å². The van der Waals surface area contributed by atoms with Gasteiger partial charge in [-0.1, -0.05) is 24.3 Å². The molecule has 6 heteroatoms. The second-order valence-corrected chi connectivity index (χ2v) is 8.28. The van der Waals surface area contributed by atoms with Crippen molar-refractivity contribution < 1.29 is 19.0 Å². The van der Waals surface area contributed by atoms with Crippen LogP contribution in [0.4, 0.5) is 0 Å². The van der Waals surface area contributed by atoms with E-state index in [1.807, 2.05) is 25.7 Å². The predicted molar refractivity (Wildman–Crippen MR) is 125 cm³/mol. The minimum atomic E-state index is 0.0230. The highest BCUT2D eigenvalue weighted by Gasteiger charge is 2.33. The Morgan fingerprint density at radius 2 is 1.59 bits per heavy atom. The van der Waals surface area contributed by atoms with Crippen LogP contribution in [0.1, 0.15) is 48.7 Å². The van der Waals surface area contributed by atoms with Crippen molar-refractivity contribution in [2.45, 2.75) is 46.2 Å². The molecule has 2 heterocycles. The molecule has 1 saturated heterocycles. The van der Waals surface area contributed by atoms with Crippen molar-refractivity contribution in [1.82, 2.24) is 9.80 Å². The molecule has 0 saturated carbocycles. The molecular formula is C26H34N2O4. The summed E-state index contributed by atoms with van der Waals surface area (Å²) in [5.41, 5.74) is 3.46. The molecule has 0 N–H and O–H groups in total. The van der Waals surface area contributed by atoms with Crippen molar-refractivity contribution in [3.8, 4) is 17.2 Å². The van der Waals surface area contributed by atoms with Crippen molar-refractivity contribution in [2.24, 2.45) is 0 Å². The van der Waals surface area contributed by atoms with Gasteiger partial charge < -0.3 is 19.1 Å². The zero-order valence-electron chi connectivity index (χ0n) is 19.4. The van der Waals surface area contributed by atoms with E-state index in [1.165, 1.54) is 11.1 Å². The van der Waals surface area contributed by atoms with E-state index in [4.69, 9.17) is 14.2 Å². The first kappa shape index (κ1) is 22.5. The second-order valence-electron chi connectivity index (χ2n) is 8.28. The van der Waals surface area contributed by atoms with Crippen LogP contribution in [0.25, 0.3) is 0 Å². The summed E-state index contributed by atoms with van der Waals surface area (Å²) in [6, 6.07) is 12.7. The third kappa shape index (κ3) is 4.70. The van der Waals surface area contributed by atoms with Gasteiger partial charge in [0.15, 0.2) is 11.5 Å². The van der Waals surface area contributed by atoms with Gasteiger partial charge in [0.05, 0.1) is 19.8 Å². The first-order chi connectivity index (χ1) is 15.6. The maximum absolute atomic E-state index is 13.4. The number of fused-ring (bicyclic) bond motifs is 1. The van der Waals surface area contributed by atoms with Crippen LogP contribution in [0.5, 0.6) is 17.2 Å². The van der Waals surface area contributed by atoms with Gasteiger partial charge in [-0.15, -0.1) is 0 Å². The Labute approximate surface area is 191 Å². The SMILES string of the molecule is CCOc1cc(C(=O)N2CC[C@@H](N3CCc4ccccc4C3)C2)cc(OCC)c1OCC. The Morgan fingerprint density at radius 1 is 0.938 bits per heavy atom. The molecular weight excluding hydrogens is 404 g/mol. The molecule has 6 nitrogen and oxygen atoms in total. The average molecular weight is 439 g/mol. The fraction of sp³-hybridized carbons (Fsp3) is 0.500. The van der Waals surface area contributed by atoms with Gasteiger partial charge in [-0.05, 0) is 56.9 Å². The lowest BCUT2D eigenvalue weighted by molar-refractivity contribution is 0.0772. The Hall–Kier alpha value is -2.73. The van der Waals surface area contributed by atoms with Crippen LogP contribution in [0.2, 0.25) is 0 Å². The topological polar surface area (TPSA) is 51.2 Å². The molecule has 0 aromatic heterocycles. The van der Waals surface area contributed by atoms with Gasteiger partial charge in [-0.3, -0.25) is 9.69 Å². The maximum atomic E-state index is 13.4. The normalized spacial score (nSPS) is 18.3. The van der Waals surface area contributed by atoms with Crippen molar-refractivity contribution >= 4 is 5.91 Å². The molecule has 0 spiro atoms. The summed E-state index contributed by atoms with van der Waals surface area (Å²) in [6.45, 7) is 10.8. The number of hydrogen-bond donors (Lipinski definition) is 0. The fourth-order valence-electron chi connectivity index (χ4n) is 4.75. The number of carbonyl (C=O) groups is 1. The number of nitrogens with zero attached hydrogens (tertiary/aromatic N) is 2. The van der Waals surface area contributed by atoms with Crippen LogP contribution < -0.4 is 14.2 Å². The zero-order chi connectivity index (χ0) is 22.5. The van der Waals surface area contributed by atoms with E-state index in [-0.39, 0.29) is 5.91 Å². The quantitative estimate of drug-likeness (QED) is 0.620. The van der Waals surface area contributed by atoms with Gasteiger partial charge in [-0.25, -0.2) is 0 Å². The van der Waals surface area contributed by atoms with Crippen LogP contribution >= 0.6 is 0 Å². The summed E-state index contributed by atoms with van der Waals surface area (Å²) in [5.74, 6) is 1.72. The van der Waals surface area contributed by atoms with Gasteiger partial charge in [0, 0.05) is 37.8 Å². The number of ether oxygens (including phenoxy) is 3. The predicted octanol–water partition coefficient (Wildman–Crippen LogP) is 4.16. The highest BCUT2D eigenvalue weighted by molar-refractivity contribution is 5.96. The highest BCUT2D eigenvalue weighted by atomic mass is 16.5. The van der Waals surface area contributed by atoms with Gasteiger partial charge in [-0.2, -0.15) is 0 Å². The summed E-state index contributed by atoms with van der Waals surface area (Å²) in [5, 5.41) is 0. The lowest BCUT2D eigenvalue weighted by atomic mass is 9.98. The molecule has 172 valence electrons. The Bertz CT molecular complexity index is 918. The molecule has 4 rings (SSSR count). The molecule has 1 fully saturated rings. The summed E-state index contributed by atoms with van der Waals surface area (Å²) < 4.78 is 17.4. The van der Waals surface area contributed by atoms with Crippen LogP contribution in [-0.4, -0.2) is 61.2 Å². The Balaban J connectivity index is 1.50. The lowest BCUT2D eigenvalue weighted by Crippen LogP contribution is -2.41. The number of benzene rings is 2. The van der Waals surface area contributed by atoms with Gasteiger partial charge in [0.25, 0.3) is 5.91 Å². The molecule has 32 heavy (non-hydrogen) atoms. The zero-order valence-corrected chi connectivity index (χ0v) is 19.4. The van der Waals surface area contributed by atoms with E-state index in [0.29, 0.717) is 48.7 Å². The monoisotopic (exact) mass is 438 g/mol. The smallest absolute Gasteiger partial charge is 0.254 e. The van der Waals surface area contributed by atoms with E-state index < -0.39 is 0 Å². The van der Waals surface area contributed by atoms with E-state index in [2.05, 4.69) is 29.2 Å². The van der Waals surface area contributed by atoms with E-state index in [9.17, 15) is 4.79 Å². The fourth-order valence-corrected chi connectivity index (χ4v) is 4.75. The summed E-state index contributed by atoms with van der Waals surface area (Å²) in [6.07, 6.45) is 2.08. The number of hydrogen-bond acceptors (Lipinski definition) is 5. The summed E-state index contributed by atoms with van der Waals surface area (Å²) in [7, 11) is 0. The number of rotatable bonds is 8. The number of amides is 1. The standard InChI is InChI=1S/C26H34N2O4/c1-4-30-23-15-21(16-24(31-5-2)25(23)32-6-3)26(29)28-14-12-22(18-28)27-13-11-19-9-7-8-10-20(19)17-27/h7-10,15-16,22H,4-6,11-14,17-18H2,1-3H3/t22-/m1/s1. The first-order valence-electron chi connectivity index (χ1n) is 11.8. The minimum absolute atomic E-state index is 0.0230. The third-order valence-corrected chi connectivity index (χ3v) is 6.28. The molecule has 2 aromatic rings. The Morgan fingerprint density at radius 3 is 2.25 bits per heavy atom. The number of likely N-dealkylation sites (tertiary alicyclic amines) is 1. The molecule has 2 aromatic carbocycles. The molecule has 0 bridgehead atoms. The van der Waals surface area contributed by atoms with Crippen LogP contribution in [0.3, 0.4) is 0 Å². The second kappa shape index (κ2) is 10.3. The largest absolute Gasteiger partial charge is 0.490 e.